The predicted octanol–water partition coefficient (Wildman–Crippen LogP) is 1.16. The maximum Gasteiger partial charge on any atom is 0.187 e. The maximum atomic E-state index is 9.01. The van der Waals surface area contributed by atoms with Crippen LogP contribution in [0.15, 0.2) is 24.3 Å². The monoisotopic (exact) mass is 265 g/mol. The highest BCUT2D eigenvalue weighted by molar-refractivity contribution is 5.91. The number of pyridine rings is 1. The summed E-state index contributed by atoms with van der Waals surface area (Å²) in [5.41, 5.74) is 14.7. The number of aryl methyl sites for hydroxylation is 1. The van der Waals surface area contributed by atoms with E-state index in [2.05, 4.69) is 15.3 Å². The molecule has 0 amide bonds. The summed E-state index contributed by atoms with van der Waals surface area (Å²) in [6.07, 6.45) is 0. The van der Waals surface area contributed by atoms with Crippen molar-refractivity contribution in [1.82, 2.24) is 20.0 Å². The number of hydrogen-bond acceptors (Lipinski definition) is 6. The number of benzene rings is 1. The van der Waals surface area contributed by atoms with Gasteiger partial charge in [-0.05, 0) is 19.1 Å². The van der Waals surface area contributed by atoms with Gasteiger partial charge in [-0.2, -0.15) is 9.94 Å². The van der Waals surface area contributed by atoms with Crippen molar-refractivity contribution in [3.05, 3.63) is 35.4 Å². The van der Waals surface area contributed by atoms with Gasteiger partial charge in [0.05, 0.1) is 11.4 Å². The molecule has 7 nitrogen and oxygen atoms in total. The van der Waals surface area contributed by atoms with E-state index >= 15 is 0 Å². The smallest absolute Gasteiger partial charge is 0.187 e. The fraction of sp³-hybridized carbons (Fsp3) is 0.0769. The first-order valence-corrected chi connectivity index (χ1v) is 5.89. The van der Waals surface area contributed by atoms with E-state index in [9.17, 15) is 0 Å². The molecule has 0 bridgehead atoms. The molecule has 3 aromatic rings. The number of anilines is 2. The van der Waals surface area contributed by atoms with Crippen LogP contribution < -0.4 is 11.5 Å². The topological polar surface area (TPSA) is 119 Å². The minimum atomic E-state index is 0.0770. The molecule has 2 heterocycles. The lowest BCUT2D eigenvalue weighted by Crippen LogP contribution is -2.03. The van der Waals surface area contributed by atoms with Gasteiger partial charge in [0, 0.05) is 0 Å². The SMILES string of the molecule is Cc1ccc(-n2nnc3c(N)c(C#N)c(N)nc32)cc1. The number of rotatable bonds is 1. The van der Waals surface area contributed by atoms with Crippen LogP contribution in [0.25, 0.3) is 16.9 Å². The first-order valence-electron chi connectivity index (χ1n) is 5.89. The minimum Gasteiger partial charge on any atom is -0.396 e. The van der Waals surface area contributed by atoms with Crippen LogP contribution in [-0.4, -0.2) is 20.0 Å². The van der Waals surface area contributed by atoms with Crippen molar-refractivity contribution in [2.75, 3.05) is 11.5 Å². The van der Waals surface area contributed by atoms with Crippen molar-refractivity contribution in [2.45, 2.75) is 6.92 Å². The summed E-state index contributed by atoms with van der Waals surface area (Å²) < 4.78 is 1.54. The molecule has 2 aromatic heterocycles. The molecule has 0 radical (unpaired) electrons. The van der Waals surface area contributed by atoms with Gasteiger partial charge in [-0.3, -0.25) is 0 Å². The van der Waals surface area contributed by atoms with E-state index in [1.54, 1.807) is 4.68 Å². The molecule has 7 heteroatoms. The molecule has 20 heavy (non-hydrogen) atoms. The van der Waals surface area contributed by atoms with Crippen LogP contribution in [0.4, 0.5) is 11.5 Å². The van der Waals surface area contributed by atoms with Crippen molar-refractivity contribution in [3.8, 4) is 11.8 Å². The summed E-state index contributed by atoms with van der Waals surface area (Å²) in [6, 6.07) is 9.63. The lowest BCUT2D eigenvalue weighted by atomic mass is 10.2. The number of nitrogens with zero attached hydrogens (tertiary/aromatic N) is 5. The summed E-state index contributed by atoms with van der Waals surface area (Å²) in [7, 11) is 0. The Morgan fingerprint density at radius 2 is 1.90 bits per heavy atom. The average Bonchev–Trinajstić information content (AvgIpc) is 2.84. The molecule has 4 N–H and O–H groups in total. The normalized spacial score (nSPS) is 10.6. The Kier molecular flexibility index (Phi) is 2.51. The van der Waals surface area contributed by atoms with Crippen molar-refractivity contribution in [3.63, 3.8) is 0 Å². The molecule has 0 saturated carbocycles. The molecule has 0 unspecified atom stereocenters. The third kappa shape index (κ3) is 1.63. The van der Waals surface area contributed by atoms with Crippen molar-refractivity contribution >= 4 is 22.7 Å². The largest absolute Gasteiger partial charge is 0.396 e. The van der Waals surface area contributed by atoms with Gasteiger partial charge in [0.15, 0.2) is 11.2 Å². The number of nitrogens with two attached hydrogens (primary N) is 2. The van der Waals surface area contributed by atoms with Gasteiger partial charge >= 0.3 is 0 Å². The van der Waals surface area contributed by atoms with Crippen LogP contribution in [0, 0.1) is 18.3 Å². The van der Waals surface area contributed by atoms with Gasteiger partial charge < -0.3 is 11.5 Å². The van der Waals surface area contributed by atoms with E-state index in [-0.39, 0.29) is 17.1 Å². The summed E-state index contributed by atoms with van der Waals surface area (Å²) in [5, 5.41) is 17.0. The van der Waals surface area contributed by atoms with Crippen LogP contribution in [0.2, 0.25) is 0 Å². The van der Waals surface area contributed by atoms with Crippen LogP contribution in [-0.2, 0) is 0 Å². The molecular formula is C13H11N7. The van der Waals surface area contributed by atoms with Crippen molar-refractivity contribution in [2.24, 2.45) is 0 Å². The fourth-order valence-electron chi connectivity index (χ4n) is 1.96. The summed E-state index contributed by atoms with van der Waals surface area (Å²) in [5.74, 6) is 0.0770. The Morgan fingerprint density at radius 1 is 1.20 bits per heavy atom. The Morgan fingerprint density at radius 3 is 2.55 bits per heavy atom. The van der Waals surface area contributed by atoms with Crippen LogP contribution in [0.5, 0.6) is 0 Å². The molecule has 0 aliphatic rings. The number of nitrogen functional groups attached to an aromatic ring is 2. The van der Waals surface area contributed by atoms with E-state index in [0.29, 0.717) is 11.2 Å². The van der Waals surface area contributed by atoms with Gasteiger partial charge in [0.2, 0.25) is 0 Å². The van der Waals surface area contributed by atoms with Gasteiger partial charge in [-0.15, -0.1) is 5.10 Å². The highest BCUT2D eigenvalue weighted by Gasteiger charge is 2.16. The molecule has 0 fully saturated rings. The third-order valence-corrected chi connectivity index (χ3v) is 3.04. The molecule has 0 saturated heterocycles. The number of fused-ring (bicyclic) bond motifs is 1. The lowest BCUT2D eigenvalue weighted by molar-refractivity contribution is 0.817. The second-order valence-corrected chi connectivity index (χ2v) is 4.41. The van der Waals surface area contributed by atoms with Gasteiger partial charge in [-0.1, -0.05) is 22.9 Å². The standard InChI is InChI=1S/C13H11N7/c1-7-2-4-8(5-3-7)20-13-11(18-19-20)10(15)9(6-14)12(16)17-13/h2-5H,1H3,(H4,15,16,17). The fourth-order valence-corrected chi connectivity index (χ4v) is 1.96. The number of hydrogen-bond donors (Lipinski definition) is 2. The minimum absolute atomic E-state index is 0.0770. The van der Waals surface area contributed by atoms with E-state index < -0.39 is 0 Å². The van der Waals surface area contributed by atoms with E-state index in [1.165, 1.54) is 0 Å². The Hall–Kier alpha value is -3.14. The van der Waals surface area contributed by atoms with Crippen LogP contribution in [0.3, 0.4) is 0 Å². The molecule has 0 aliphatic carbocycles. The molecule has 0 atom stereocenters. The van der Waals surface area contributed by atoms with Gasteiger partial charge in [0.1, 0.15) is 17.5 Å². The van der Waals surface area contributed by atoms with Crippen molar-refractivity contribution in [1.29, 1.82) is 5.26 Å². The van der Waals surface area contributed by atoms with Crippen LogP contribution >= 0.6 is 0 Å². The molecule has 98 valence electrons. The first kappa shape index (κ1) is 11.9. The summed E-state index contributed by atoms with van der Waals surface area (Å²) in [4.78, 5) is 4.18. The Balaban J connectivity index is 2.30. The van der Waals surface area contributed by atoms with Crippen molar-refractivity contribution < 1.29 is 0 Å². The molecule has 0 aliphatic heterocycles. The third-order valence-electron chi connectivity index (χ3n) is 3.04. The summed E-state index contributed by atoms with van der Waals surface area (Å²) in [6.45, 7) is 2.00. The predicted molar refractivity (Wildman–Crippen MR) is 74.9 cm³/mol. The zero-order chi connectivity index (χ0) is 14.3. The second-order valence-electron chi connectivity index (χ2n) is 4.41. The van der Waals surface area contributed by atoms with E-state index in [4.69, 9.17) is 16.7 Å². The zero-order valence-corrected chi connectivity index (χ0v) is 10.7. The van der Waals surface area contributed by atoms with E-state index in [0.717, 1.165) is 11.3 Å². The van der Waals surface area contributed by atoms with E-state index in [1.807, 2.05) is 37.3 Å². The average molecular weight is 265 g/mol. The molecule has 0 spiro atoms. The molecule has 1 aromatic carbocycles. The summed E-state index contributed by atoms with van der Waals surface area (Å²) >= 11 is 0. The number of aromatic nitrogens is 4. The lowest BCUT2D eigenvalue weighted by Gasteiger charge is -2.04. The van der Waals surface area contributed by atoms with Crippen LogP contribution in [0.1, 0.15) is 11.1 Å². The zero-order valence-electron chi connectivity index (χ0n) is 10.7. The molecule has 3 rings (SSSR count). The quantitative estimate of drug-likeness (QED) is 0.681. The van der Waals surface area contributed by atoms with Gasteiger partial charge in [0.25, 0.3) is 0 Å². The Bertz CT molecular complexity index is 840. The Labute approximate surface area is 114 Å². The highest BCUT2D eigenvalue weighted by Crippen LogP contribution is 2.26. The first-order chi connectivity index (χ1) is 9.61. The maximum absolute atomic E-state index is 9.01. The highest BCUT2D eigenvalue weighted by atomic mass is 15.4. The molecular weight excluding hydrogens is 254 g/mol. The van der Waals surface area contributed by atoms with Gasteiger partial charge in [-0.25, -0.2) is 4.98 Å². The number of nitriles is 1. The second kappa shape index (κ2) is 4.20.